The highest BCUT2D eigenvalue weighted by Crippen LogP contribution is 2.30. The lowest BCUT2D eigenvalue weighted by molar-refractivity contribution is 0.419. The van der Waals surface area contributed by atoms with E-state index in [1.54, 1.807) is 0 Å². The molecule has 1 rings (SSSR count). The second-order valence-corrected chi connectivity index (χ2v) is 4.83. The van der Waals surface area contributed by atoms with Gasteiger partial charge in [0, 0.05) is 18.8 Å². The molecule has 1 heteroatoms. The van der Waals surface area contributed by atoms with Crippen molar-refractivity contribution in [2.24, 2.45) is 0 Å². The minimum atomic E-state index is 0.696. The highest BCUT2D eigenvalue weighted by Gasteiger charge is 2.27. The number of likely N-dealkylation sites (N-methyl/N-ethyl adjacent to an activating group) is 1. The molecule has 1 fully saturated rings. The summed E-state index contributed by atoms with van der Waals surface area (Å²) in [4.78, 5) is 2.24. The maximum atomic E-state index is 4.10. The van der Waals surface area contributed by atoms with Gasteiger partial charge in [-0.3, -0.25) is 0 Å². The van der Waals surface area contributed by atoms with Crippen LogP contribution in [0.3, 0.4) is 0 Å². The summed E-state index contributed by atoms with van der Waals surface area (Å²) in [6.45, 7) is 14.5. The maximum Gasteiger partial charge on any atom is 0.0360 e. The normalized spacial score (nSPS) is 15.0. The second-order valence-electron chi connectivity index (χ2n) is 4.83. The Labute approximate surface area is 99.8 Å². The number of rotatable bonds is 5. The molecular weight excluding hydrogens is 194 g/mol. The Balaban J connectivity index is 2.58. The molecule has 1 aliphatic carbocycles. The van der Waals surface area contributed by atoms with E-state index in [0.717, 1.165) is 11.3 Å². The molecule has 0 amide bonds. The predicted molar refractivity (Wildman–Crippen MR) is 72.3 cm³/mol. The van der Waals surface area contributed by atoms with Crippen molar-refractivity contribution >= 4 is 0 Å². The minimum absolute atomic E-state index is 0.696. The fourth-order valence-corrected chi connectivity index (χ4v) is 1.40. The fourth-order valence-electron chi connectivity index (χ4n) is 1.40. The summed E-state index contributed by atoms with van der Waals surface area (Å²) in [5, 5.41) is 0. The number of hydrogen-bond acceptors (Lipinski definition) is 1. The van der Waals surface area contributed by atoms with Crippen LogP contribution in [0.15, 0.2) is 47.7 Å². The van der Waals surface area contributed by atoms with Crippen molar-refractivity contribution in [1.82, 2.24) is 4.90 Å². The number of nitrogens with zero attached hydrogens (tertiary/aromatic N) is 1. The first-order valence-electron chi connectivity index (χ1n) is 5.86. The monoisotopic (exact) mass is 217 g/mol. The van der Waals surface area contributed by atoms with E-state index in [1.807, 2.05) is 0 Å². The van der Waals surface area contributed by atoms with E-state index in [-0.39, 0.29) is 0 Å². The third-order valence-electron chi connectivity index (χ3n) is 3.21. The van der Waals surface area contributed by atoms with Crippen LogP contribution in [0.5, 0.6) is 0 Å². The summed E-state index contributed by atoms with van der Waals surface area (Å²) in [7, 11) is 2.10. The van der Waals surface area contributed by atoms with Gasteiger partial charge < -0.3 is 4.90 Å². The molecule has 0 atom stereocenters. The van der Waals surface area contributed by atoms with Gasteiger partial charge in [-0.1, -0.05) is 36.5 Å². The molecule has 0 N–H and O–H groups in total. The summed E-state index contributed by atoms with van der Waals surface area (Å²) in [6.07, 6.45) is 6.76. The maximum absolute atomic E-state index is 4.10. The molecule has 0 aromatic rings. The Morgan fingerprint density at radius 3 is 2.12 bits per heavy atom. The summed E-state index contributed by atoms with van der Waals surface area (Å²) in [5.41, 5.74) is 4.68. The summed E-state index contributed by atoms with van der Waals surface area (Å²) >= 11 is 0. The topological polar surface area (TPSA) is 3.24 Å². The molecular formula is C15H23N. The molecule has 0 aromatic heterocycles. The molecule has 16 heavy (non-hydrogen) atoms. The second kappa shape index (κ2) is 5.20. The smallest absolute Gasteiger partial charge is 0.0360 e. The summed E-state index contributed by atoms with van der Waals surface area (Å²) in [5.74, 6) is 0. The zero-order chi connectivity index (χ0) is 12.3. The minimum Gasteiger partial charge on any atom is -0.372 e. The zero-order valence-electron chi connectivity index (χ0n) is 11.0. The predicted octanol–water partition coefficient (Wildman–Crippen LogP) is 4.06. The Kier molecular flexibility index (Phi) is 4.17. The molecule has 0 spiro atoms. The quantitative estimate of drug-likeness (QED) is 0.628. The van der Waals surface area contributed by atoms with Crippen molar-refractivity contribution in [2.75, 3.05) is 7.05 Å². The summed E-state index contributed by atoms with van der Waals surface area (Å²) < 4.78 is 0. The van der Waals surface area contributed by atoms with E-state index in [4.69, 9.17) is 0 Å². The van der Waals surface area contributed by atoms with Gasteiger partial charge >= 0.3 is 0 Å². The van der Waals surface area contributed by atoms with E-state index in [2.05, 4.69) is 58.0 Å². The van der Waals surface area contributed by atoms with Crippen molar-refractivity contribution in [2.45, 2.75) is 39.7 Å². The SMILES string of the molecule is C=C(/C=C\C(C)=C(C)C)C(=C)N(C)C1CC1. The molecule has 0 aromatic carbocycles. The first kappa shape index (κ1) is 12.8. The molecule has 1 nitrogen and oxygen atoms in total. The van der Waals surface area contributed by atoms with Crippen molar-refractivity contribution in [3.05, 3.63) is 47.7 Å². The molecule has 0 bridgehead atoms. The molecule has 0 saturated heterocycles. The van der Waals surface area contributed by atoms with E-state index in [1.165, 1.54) is 24.0 Å². The van der Waals surface area contributed by atoms with Gasteiger partial charge in [0.2, 0.25) is 0 Å². The first-order chi connectivity index (χ1) is 7.43. The molecule has 0 heterocycles. The van der Waals surface area contributed by atoms with Gasteiger partial charge in [0.05, 0.1) is 0 Å². The van der Waals surface area contributed by atoms with Crippen LogP contribution >= 0.6 is 0 Å². The first-order valence-corrected chi connectivity index (χ1v) is 5.86. The van der Waals surface area contributed by atoms with Crippen molar-refractivity contribution in [3.8, 4) is 0 Å². The molecule has 0 radical (unpaired) electrons. The van der Waals surface area contributed by atoms with Crippen LogP contribution in [-0.2, 0) is 0 Å². The highest BCUT2D eigenvalue weighted by molar-refractivity contribution is 5.38. The largest absolute Gasteiger partial charge is 0.372 e. The lowest BCUT2D eigenvalue weighted by Crippen LogP contribution is -2.19. The zero-order valence-corrected chi connectivity index (χ0v) is 11.0. The Morgan fingerprint density at radius 2 is 1.69 bits per heavy atom. The lowest BCUT2D eigenvalue weighted by atomic mass is 10.1. The Morgan fingerprint density at radius 1 is 1.12 bits per heavy atom. The van der Waals surface area contributed by atoms with Gasteiger partial charge in [-0.05, 0) is 39.2 Å². The number of allylic oxidation sites excluding steroid dienone is 4. The average molecular weight is 217 g/mol. The molecule has 88 valence electrons. The van der Waals surface area contributed by atoms with E-state index in [9.17, 15) is 0 Å². The van der Waals surface area contributed by atoms with Crippen LogP contribution < -0.4 is 0 Å². The number of hydrogen-bond donors (Lipinski definition) is 0. The third-order valence-corrected chi connectivity index (χ3v) is 3.21. The highest BCUT2D eigenvalue weighted by atomic mass is 15.2. The van der Waals surface area contributed by atoms with Crippen molar-refractivity contribution < 1.29 is 0 Å². The van der Waals surface area contributed by atoms with Crippen molar-refractivity contribution in [3.63, 3.8) is 0 Å². The molecule has 0 unspecified atom stereocenters. The fraction of sp³-hybridized carbons (Fsp3) is 0.467. The third kappa shape index (κ3) is 3.41. The van der Waals surface area contributed by atoms with Crippen molar-refractivity contribution in [1.29, 1.82) is 0 Å². The van der Waals surface area contributed by atoms with Crippen LogP contribution in [-0.4, -0.2) is 18.0 Å². The van der Waals surface area contributed by atoms with Crippen LogP contribution in [0, 0.1) is 0 Å². The molecule has 0 aliphatic heterocycles. The van der Waals surface area contributed by atoms with Gasteiger partial charge in [-0.25, -0.2) is 0 Å². The van der Waals surface area contributed by atoms with Gasteiger partial charge in [0.25, 0.3) is 0 Å². The lowest BCUT2D eigenvalue weighted by Gasteiger charge is -2.21. The Hall–Kier alpha value is -1.24. The molecule has 1 aliphatic rings. The standard InChI is InChI=1S/C15H23N/c1-11(2)12(3)7-8-13(4)14(5)16(6)15-9-10-15/h7-8,15H,4-5,9-10H2,1-3,6H3/b8-7-. The van der Waals surface area contributed by atoms with Gasteiger partial charge in [-0.15, -0.1) is 0 Å². The average Bonchev–Trinajstić information content (AvgIpc) is 3.06. The van der Waals surface area contributed by atoms with E-state index in [0.29, 0.717) is 6.04 Å². The van der Waals surface area contributed by atoms with E-state index < -0.39 is 0 Å². The van der Waals surface area contributed by atoms with Crippen LogP contribution in [0.1, 0.15) is 33.6 Å². The van der Waals surface area contributed by atoms with Gasteiger partial charge in [0.15, 0.2) is 0 Å². The van der Waals surface area contributed by atoms with Gasteiger partial charge in [0.1, 0.15) is 0 Å². The van der Waals surface area contributed by atoms with Crippen LogP contribution in [0.25, 0.3) is 0 Å². The summed E-state index contributed by atoms with van der Waals surface area (Å²) in [6, 6.07) is 0.696. The van der Waals surface area contributed by atoms with Gasteiger partial charge in [-0.2, -0.15) is 0 Å². The van der Waals surface area contributed by atoms with E-state index >= 15 is 0 Å². The van der Waals surface area contributed by atoms with Crippen LogP contribution in [0.4, 0.5) is 0 Å². The van der Waals surface area contributed by atoms with Crippen LogP contribution in [0.2, 0.25) is 0 Å². The Bertz CT molecular complexity index is 350. The molecule has 1 saturated carbocycles.